The van der Waals surface area contributed by atoms with E-state index < -0.39 is 0 Å². The Labute approximate surface area is 101 Å². The summed E-state index contributed by atoms with van der Waals surface area (Å²) >= 11 is 0. The topological polar surface area (TPSA) is 47.0 Å². The van der Waals surface area contributed by atoms with Gasteiger partial charge in [-0.05, 0) is 25.1 Å². The first-order chi connectivity index (χ1) is 8.33. The van der Waals surface area contributed by atoms with Crippen LogP contribution in [0.5, 0.6) is 5.75 Å². The predicted octanol–water partition coefficient (Wildman–Crippen LogP) is 2.58. The van der Waals surface area contributed by atoms with Crippen LogP contribution < -0.4 is 10.1 Å². The summed E-state index contributed by atoms with van der Waals surface area (Å²) in [7, 11) is 1.88. The van der Waals surface area contributed by atoms with Crippen LogP contribution in [0.3, 0.4) is 0 Å². The number of anilines is 1. The molecule has 0 bridgehead atoms. The Balaban J connectivity index is 2.34. The molecule has 0 amide bonds. The minimum Gasteiger partial charge on any atom is -0.492 e. The Morgan fingerprint density at radius 1 is 1.29 bits per heavy atom. The van der Waals surface area contributed by atoms with Gasteiger partial charge in [-0.3, -0.25) is 9.97 Å². The molecule has 0 aromatic carbocycles. The highest BCUT2D eigenvalue weighted by Gasteiger charge is 2.02. The van der Waals surface area contributed by atoms with Crippen LogP contribution in [0.25, 0.3) is 11.3 Å². The van der Waals surface area contributed by atoms with Crippen molar-refractivity contribution in [3.8, 4) is 17.0 Å². The van der Waals surface area contributed by atoms with Crippen molar-refractivity contribution in [2.24, 2.45) is 0 Å². The van der Waals surface area contributed by atoms with E-state index in [1.165, 1.54) is 0 Å². The fourth-order valence-electron chi connectivity index (χ4n) is 1.55. The maximum atomic E-state index is 5.42. The third-order valence-electron chi connectivity index (χ3n) is 2.37. The van der Waals surface area contributed by atoms with E-state index in [0.29, 0.717) is 6.61 Å². The zero-order valence-electron chi connectivity index (χ0n) is 9.97. The maximum absolute atomic E-state index is 5.42. The summed E-state index contributed by atoms with van der Waals surface area (Å²) in [5.74, 6) is 0.765. The summed E-state index contributed by atoms with van der Waals surface area (Å²) in [5, 5.41) is 3.09. The fraction of sp³-hybridized carbons (Fsp3) is 0.231. The standard InChI is InChI=1S/C13H15N3O/c1-3-17-12-6-10(8-15-9-12)13-7-11(14-2)4-5-16-13/h4-9H,3H2,1-2H3,(H,14,16). The van der Waals surface area contributed by atoms with Gasteiger partial charge in [-0.1, -0.05) is 0 Å². The van der Waals surface area contributed by atoms with Gasteiger partial charge in [-0.2, -0.15) is 0 Å². The highest BCUT2D eigenvalue weighted by Crippen LogP contribution is 2.22. The van der Waals surface area contributed by atoms with Gasteiger partial charge in [0.15, 0.2) is 0 Å². The molecule has 0 aliphatic heterocycles. The summed E-state index contributed by atoms with van der Waals surface area (Å²) < 4.78 is 5.42. The van der Waals surface area contributed by atoms with E-state index in [1.54, 1.807) is 18.6 Å². The monoisotopic (exact) mass is 229 g/mol. The van der Waals surface area contributed by atoms with Crippen LogP contribution in [0.2, 0.25) is 0 Å². The van der Waals surface area contributed by atoms with Crippen molar-refractivity contribution >= 4 is 5.69 Å². The highest BCUT2D eigenvalue weighted by atomic mass is 16.5. The zero-order valence-corrected chi connectivity index (χ0v) is 9.97. The summed E-state index contributed by atoms with van der Waals surface area (Å²) in [6.45, 7) is 2.58. The molecule has 0 atom stereocenters. The molecule has 4 nitrogen and oxygen atoms in total. The minimum atomic E-state index is 0.634. The van der Waals surface area contributed by atoms with E-state index in [1.807, 2.05) is 32.2 Å². The molecule has 2 rings (SSSR count). The van der Waals surface area contributed by atoms with Crippen molar-refractivity contribution in [2.45, 2.75) is 6.92 Å². The lowest BCUT2D eigenvalue weighted by molar-refractivity contribution is 0.339. The van der Waals surface area contributed by atoms with Gasteiger partial charge >= 0.3 is 0 Å². The molecule has 0 unspecified atom stereocenters. The average Bonchev–Trinajstić information content (AvgIpc) is 2.40. The van der Waals surface area contributed by atoms with Crippen molar-refractivity contribution in [1.29, 1.82) is 0 Å². The van der Waals surface area contributed by atoms with Gasteiger partial charge in [-0.15, -0.1) is 0 Å². The van der Waals surface area contributed by atoms with Crippen molar-refractivity contribution in [3.63, 3.8) is 0 Å². The van der Waals surface area contributed by atoms with Gasteiger partial charge in [0, 0.05) is 30.7 Å². The normalized spacial score (nSPS) is 10.0. The van der Waals surface area contributed by atoms with E-state index in [-0.39, 0.29) is 0 Å². The van der Waals surface area contributed by atoms with Crippen LogP contribution in [0.15, 0.2) is 36.8 Å². The zero-order chi connectivity index (χ0) is 12.1. The van der Waals surface area contributed by atoms with Gasteiger partial charge in [0.2, 0.25) is 0 Å². The Morgan fingerprint density at radius 2 is 2.18 bits per heavy atom. The van der Waals surface area contributed by atoms with E-state index in [0.717, 1.165) is 22.7 Å². The fourth-order valence-corrected chi connectivity index (χ4v) is 1.55. The van der Waals surface area contributed by atoms with Gasteiger partial charge in [0.05, 0.1) is 18.5 Å². The molecule has 2 heterocycles. The number of hydrogen-bond donors (Lipinski definition) is 1. The lowest BCUT2D eigenvalue weighted by atomic mass is 10.2. The number of hydrogen-bond acceptors (Lipinski definition) is 4. The number of pyridine rings is 2. The van der Waals surface area contributed by atoms with Crippen LogP contribution >= 0.6 is 0 Å². The number of aromatic nitrogens is 2. The maximum Gasteiger partial charge on any atom is 0.138 e. The third kappa shape index (κ3) is 2.72. The molecule has 0 aliphatic carbocycles. The molecule has 2 aromatic rings. The van der Waals surface area contributed by atoms with E-state index in [9.17, 15) is 0 Å². The average molecular weight is 229 g/mol. The van der Waals surface area contributed by atoms with Crippen molar-refractivity contribution in [1.82, 2.24) is 9.97 Å². The van der Waals surface area contributed by atoms with Crippen molar-refractivity contribution in [3.05, 3.63) is 36.8 Å². The van der Waals surface area contributed by atoms with Crippen LogP contribution in [0.1, 0.15) is 6.92 Å². The quantitative estimate of drug-likeness (QED) is 0.875. The summed E-state index contributed by atoms with van der Waals surface area (Å²) in [4.78, 5) is 8.47. The van der Waals surface area contributed by atoms with E-state index in [4.69, 9.17) is 4.74 Å². The Morgan fingerprint density at radius 3 is 2.94 bits per heavy atom. The number of rotatable bonds is 4. The largest absolute Gasteiger partial charge is 0.492 e. The number of nitrogens with one attached hydrogen (secondary N) is 1. The van der Waals surface area contributed by atoms with Gasteiger partial charge < -0.3 is 10.1 Å². The summed E-state index contributed by atoms with van der Waals surface area (Å²) in [5.41, 5.74) is 2.86. The van der Waals surface area contributed by atoms with Gasteiger partial charge in [-0.25, -0.2) is 0 Å². The van der Waals surface area contributed by atoms with Gasteiger partial charge in [0.1, 0.15) is 5.75 Å². The highest BCUT2D eigenvalue weighted by molar-refractivity contribution is 5.64. The number of nitrogens with zero attached hydrogens (tertiary/aromatic N) is 2. The van der Waals surface area contributed by atoms with Crippen molar-refractivity contribution < 1.29 is 4.74 Å². The first-order valence-corrected chi connectivity index (χ1v) is 5.55. The van der Waals surface area contributed by atoms with Gasteiger partial charge in [0.25, 0.3) is 0 Å². The second-order valence-corrected chi connectivity index (χ2v) is 3.52. The van der Waals surface area contributed by atoms with Crippen molar-refractivity contribution in [2.75, 3.05) is 19.0 Å². The molecule has 17 heavy (non-hydrogen) atoms. The minimum absolute atomic E-state index is 0.634. The molecular formula is C13H15N3O. The Bertz CT molecular complexity index is 500. The van der Waals surface area contributed by atoms with Crippen LogP contribution in [0, 0.1) is 0 Å². The first-order valence-electron chi connectivity index (χ1n) is 5.55. The molecule has 0 aliphatic rings. The molecule has 0 radical (unpaired) electrons. The summed E-state index contributed by atoms with van der Waals surface area (Å²) in [6.07, 6.45) is 5.26. The molecule has 0 fully saturated rings. The van der Waals surface area contributed by atoms with Crippen LogP contribution in [-0.4, -0.2) is 23.6 Å². The molecule has 0 saturated heterocycles. The number of ether oxygens (including phenoxy) is 1. The molecule has 0 saturated carbocycles. The molecule has 88 valence electrons. The lowest BCUT2D eigenvalue weighted by Crippen LogP contribution is -1.94. The third-order valence-corrected chi connectivity index (χ3v) is 2.37. The smallest absolute Gasteiger partial charge is 0.138 e. The molecule has 4 heteroatoms. The second-order valence-electron chi connectivity index (χ2n) is 3.52. The van der Waals surface area contributed by atoms with Crippen LogP contribution in [0.4, 0.5) is 5.69 Å². The predicted molar refractivity (Wildman–Crippen MR) is 68.2 cm³/mol. The molecule has 1 N–H and O–H groups in total. The Kier molecular flexibility index (Phi) is 3.55. The molecular weight excluding hydrogens is 214 g/mol. The second kappa shape index (κ2) is 5.30. The SMILES string of the molecule is CCOc1cncc(-c2cc(NC)ccn2)c1. The van der Waals surface area contributed by atoms with E-state index >= 15 is 0 Å². The molecule has 2 aromatic heterocycles. The Hall–Kier alpha value is -2.10. The lowest BCUT2D eigenvalue weighted by Gasteiger charge is -2.06. The molecule has 0 spiro atoms. The van der Waals surface area contributed by atoms with E-state index in [2.05, 4.69) is 15.3 Å². The van der Waals surface area contributed by atoms with Crippen LogP contribution in [-0.2, 0) is 0 Å². The first kappa shape index (κ1) is 11.4. The summed E-state index contributed by atoms with van der Waals surface area (Å²) in [6, 6.07) is 5.84.